The molecule has 0 radical (unpaired) electrons. The maximum atomic E-state index is 4.95. The second-order valence-corrected chi connectivity index (χ2v) is 9.36. The van der Waals surface area contributed by atoms with Gasteiger partial charge in [0.15, 0.2) is 11.8 Å². The first-order valence-electron chi connectivity index (χ1n) is 9.70. The zero-order chi connectivity index (χ0) is 17.3. The molecule has 1 aromatic rings. The molecule has 25 heavy (non-hydrogen) atoms. The fraction of sp³-hybridized carbons (Fsp3) is 0.833. The van der Waals surface area contributed by atoms with Crippen molar-refractivity contribution in [2.24, 2.45) is 12.0 Å². The highest BCUT2D eigenvalue weighted by Gasteiger charge is 2.39. The molecule has 2 saturated carbocycles. The highest BCUT2D eigenvalue weighted by atomic mass is 32.2. The summed E-state index contributed by atoms with van der Waals surface area (Å²) in [5.74, 6) is 4.19. The van der Waals surface area contributed by atoms with Crippen molar-refractivity contribution in [1.29, 1.82) is 0 Å². The number of nitrogens with one attached hydrogen (secondary N) is 1. The normalized spacial score (nSPS) is 23.9. The Morgan fingerprint density at radius 2 is 2.08 bits per heavy atom. The van der Waals surface area contributed by atoms with E-state index in [1.807, 2.05) is 18.5 Å². The van der Waals surface area contributed by atoms with Crippen molar-refractivity contribution in [3.63, 3.8) is 0 Å². The van der Waals surface area contributed by atoms with E-state index in [9.17, 15) is 0 Å². The van der Waals surface area contributed by atoms with Gasteiger partial charge in [0, 0.05) is 36.7 Å². The molecule has 0 amide bonds. The Morgan fingerprint density at radius 3 is 2.76 bits per heavy atom. The van der Waals surface area contributed by atoms with E-state index in [4.69, 9.17) is 4.99 Å². The molecule has 4 rings (SSSR count). The van der Waals surface area contributed by atoms with Crippen LogP contribution in [0.2, 0.25) is 0 Å². The number of guanidine groups is 1. The molecular formula is C18H30N6S. The topological polar surface area (TPSA) is 58.3 Å². The number of hydrogen-bond donors (Lipinski definition) is 1. The van der Waals surface area contributed by atoms with Gasteiger partial charge in [0.05, 0.1) is 0 Å². The molecule has 3 aliphatic rings. The molecule has 1 aliphatic heterocycles. The molecule has 6 nitrogen and oxygen atoms in total. The average Bonchev–Trinajstić information content (AvgIpc) is 3.39. The van der Waals surface area contributed by atoms with Crippen LogP contribution in [0.5, 0.6) is 0 Å². The molecule has 7 heteroatoms. The lowest BCUT2D eigenvalue weighted by atomic mass is 9.87. The third kappa shape index (κ3) is 3.96. The van der Waals surface area contributed by atoms with E-state index in [1.165, 1.54) is 50.7 Å². The number of aryl methyl sites for hydroxylation is 1. The minimum Gasteiger partial charge on any atom is -0.353 e. The summed E-state index contributed by atoms with van der Waals surface area (Å²) in [5.41, 5.74) is 0. The van der Waals surface area contributed by atoms with Crippen molar-refractivity contribution in [3.8, 4) is 0 Å². The molecule has 0 aromatic carbocycles. The quantitative estimate of drug-likeness (QED) is 0.661. The van der Waals surface area contributed by atoms with Crippen molar-refractivity contribution in [2.45, 2.75) is 69.2 Å². The number of hydrogen-bond acceptors (Lipinski definition) is 4. The van der Waals surface area contributed by atoms with Crippen LogP contribution in [0.3, 0.4) is 0 Å². The fourth-order valence-electron chi connectivity index (χ4n) is 3.91. The zero-order valence-corrected chi connectivity index (χ0v) is 16.3. The summed E-state index contributed by atoms with van der Waals surface area (Å²) in [6.45, 7) is 4.83. The highest BCUT2D eigenvalue weighted by Crippen LogP contribution is 2.42. The predicted molar refractivity (Wildman–Crippen MR) is 103 cm³/mol. The first-order valence-corrected chi connectivity index (χ1v) is 10.7. The largest absolute Gasteiger partial charge is 0.353 e. The number of aromatic nitrogens is 3. The third-order valence-corrected chi connectivity index (χ3v) is 7.31. The van der Waals surface area contributed by atoms with Crippen LogP contribution in [0.4, 0.5) is 0 Å². The Morgan fingerprint density at radius 1 is 1.28 bits per heavy atom. The number of nitrogens with zero attached hydrogens (tertiary/aromatic N) is 5. The molecule has 1 saturated heterocycles. The van der Waals surface area contributed by atoms with Gasteiger partial charge in [0.25, 0.3) is 0 Å². The summed E-state index contributed by atoms with van der Waals surface area (Å²) >= 11 is 2.21. The maximum absolute atomic E-state index is 4.95. The van der Waals surface area contributed by atoms with Gasteiger partial charge in [-0.2, -0.15) is 11.8 Å². The summed E-state index contributed by atoms with van der Waals surface area (Å²) in [6.07, 6.45) is 9.48. The maximum Gasteiger partial charge on any atom is 0.194 e. The van der Waals surface area contributed by atoms with Crippen LogP contribution in [-0.2, 0) is 13.6 Å². The Labute approximate surface area is 154 Å². The van der Waals surface area contributed by atoms with E-state index in [0.29, 0.717) is 17.3 Å². The van der Waals surface area contributed by atoms with Crippen LogP contribution < -0.4 is 5.32 Å². The first kappa shape index (κ1) is 17.2. The van der Waals surface area contributed by atoms with Crippen LogP contribution >= 0.6 is 11.8 Å². The number of aliphatic imine (C=N–C) groups is 1. The summed E-state index contributed by atoms with van der Waals surface area (Å²) < 4.78 is 2.50. The summed E-state index contributed by atoms with van der Waals surface area (Å²) in [7, 11) is 2.02. The van der Waals surface area contributed by atoms with Gasteiger partial charge < -0.3 is 14.8 Å². The lowest BCUT2D eigenvalue weighted by Gasteiger charge is -2.45. The van der Waals surface area contributed by atoms with E-state index in [2.05, 4.69) is 32.2 Å². The van der Waals surface area contributed by atoms with E-state index in [-0.39, 0.29) is 0 Å². The molecule has 1 N–H and O–H groups in total. The number of rotatable bonds is 3. The van der Waals surface area contributed by atoms with Crippen LogP contribution in [0.25, 0.3) is 0 Å². The second-order valence-electron chi connectivity index (χ2n) is 7.79. The van der Waals surface area contributed by atoms with Gasteiger partial charge in [0.1, 0.15) is 12.4 Å². The summed E-state index contributed by atoms with van der Waals surface area (Å²) in [5, 5.41) is 12.1. The average molecular weight is 363 g/mol. The van der Waals surface area contributed by atoms with E-state index in [0.717, 1.165) is 30.7 Å². The molecular weight excluding hydrogens is 332 g/mol. The minimum absolute atomic E-state index is 0.462. The van der Waals surface area contributed by atoms with Crippen molar-refractivity contribution in [3.05, 3.63) is 11.6 Å². The minimum atomic E-state index is 0.462. The molecule has 2 heterocycles. The van der Waals surface area contributed by atoms with Crippen LogP contribution in [0.1, 0.15) is 56.6 Å². The van der Waals surface area contributed by atoms with Crippen LogP contribution in [0, 0.1) is 6.92 Å². The van der Waals surface area contributed by atoms with Crippen LogP contribution in [0.15, 0.2) is 4.99 Å². The zero-order valence-electron chi connectivity index (χ0n) is 15.5. The van der Waals surface area contributed by atoms with Crippen molar-refractivity contribution in [1.82, 2.24) is 25.0 Å². The molecule has 1 spiro atoms. The van der Waals surface area contributed by atoms with Gasteiger partial charge in [0.2, 0.25) is 0 Å². The summed E-state index contributed by atoms with van der Waals surface area (Å²) in [4.78, 5) is 7.47. The molecule has 2 aliphatic carbocycles. The van der Waals surface area contributed by atoms with E-state index < -0.39 is 0 Å². The molecule has 0 unspecified atom stereocenters. The monoisotopic (exact) mass is 362 g/mol. The highest BCUT2D eigenvalue weighted by molar-refractivity contribution is 8.00. The Bertz CT molecular complexity index is 624. The lowest BCUT2D eigenvalue weighted by molar-refractivity contribution is 0.292. The molecule has 0 bridgehead atoms. The Balaban J connectivity index is 1.49. The predicted octanol–water partition coefficient (Wildman–Crippen LogP) is 2.48. The number of thioether (sulfide) groups is 1. The fourth-order valence-corrected chi connectivity index (χ4v) is 5.47. The van der Waals surface area contributed by atoms with Crippen molar-refractivity contribution < 1.29 is 0 Å². The SMILES string of the molecule is Cc1nnc(CN=C(NC2CC2)N2CCSC3(CCCCC3)C2)n1C. The van der Waals surface area contributed by atoms with Gasteiger partial charge in [-0.3, -0.25) is 0 Å². The van der Waals surface area contributed by atoms with Crippen LogP contribution in [-0.4, -0.2) is 55.3 Å². The van der Waals surface area contributed by atoms with Gasteiger partial charge in [-0.05, 0) is 32.6 Å². The van der Waals surface area contributed by atoms with Gasteiger partial charge in [-0.1, -0.05) is 19.3 Å². The van der Waals surface area contributed by atoms with Gasteiger partial charge in [-0.15, -0.1) is 10.2 Å². The van der Waals surface area contributed by atoms with Gasteiger partial charge >= 0.3 is 0 Å². The molecule has 0 atom stereocenters. The van der Waals surface area contributed by atoms with E-state index >= 15 is 0 Å². The molecule has 1 aromatic heterocycles. The van der Waals surface area contributed by atoms with E-state index in [1.54, 1.807) is 0 Å². The lowest BCUT2D eigenvalue weighted by Crippen LogP contribution is -2.53. The standard InChI is InChI=1S/C18H30N6S/c1-14-21-22-16(23(14)2)12-19-17(20-15-6-7-15)24-10-11-25-18(13-24)8-4-3-5-9-18/h15H,3-13H2,1-2H3,(H,19,20). The molecule has 3 fully saturated rings. The molecule has 138 valence electrons. The summed E-state index contributed by atoms with van der Waals surface area (Å²) in [6, 6.07) is 0.622. The second kappa shape index (κ2) is 7.17. The van der Waals surface area contributed by atoms with Crippen molar-refractivity contribution in [2.75, 3.05) is 18.8 Å². The first-order chi connectivity index (χ1) is 12.2. The third-order valence-electron chi connectivity index (χ3n) is 5.78. The smallest absolute Gasteiger partial charge is 0.194 e. The van der Waals surface area contributed by atoms with Crippen molar-refractivity contribution >= 4 is 17.7 Å². The Hall–Kier alpha value is -1.24. The van der Waals surface area contributed by atoms with Gasteiger partial charge in [-0.25, -0.2) is 4.99 Å². The Kier molecular flexibility index (Phi) is 4.93.